The van der Waals surface area contributed by atoms with Crippen LogP contribution >= 0.6 is 18.7 Å². The number of benzene rings is 4. The van der Waals surface area contributed by atoms with E-state index in [2.05, 4.69) is 52.9 Å². The molecular weight excluding hydrogens is 941 g/mol. The van der Waals surface area contributed by atoms with Gasteiger partial charge in [0.2, 0.25) is 17.8 Å². The average Bonchev–Trinajstić information content (AvgIpc) is 3.91. The zero-order valence-electron chi connectivity index (χ0n) is 40.0. The number of rotatable bonds is 13. The van der Waals surface area contributed by atoms with E-state index in [1.165, 1.54) is 6.20 Å². The molecule has 4 aromatic carbocycles. The standard InChI is InChI=1S/C52H55ClN11O6P/c1-60-31-35(28-55-60)38-26-42(57-52-54-29-40(53)48(59-52)56-41-13-10-34(24-46(41)71(3,4)69)33-8-6-5-7-9-33)45(70-2)27-44(38)63-18-16-32(17-19-63)30-61-20-22-62(23-21-61)36-11-12-37-39(25-36)51(68)64(50(37)67)43-14-15-47(65)58-49(43)66/h5-13,24-29,31-32,43H,14-23,30H2,1-4H3,(H,58,65,66)(H2,54,56,57,59)/t43-/m1/s1. The minimum absolute atomic E-state index is 0.0804. The van der Waals surface area contributed by atoms with E-state index in [4.69, 9.17) is 21.3 Å². The molecule has 0 unspecified atom stereocenters. The number of imide groups is 2. The fourth-order valence-electron chi connectivity index (χ4n) is 10.1. The number of aryl methyl sites for hydroxylation is 1. The number of piperazine rings is 1. The Morgan fingerprint density at radius 3 is 2.24 bits per heavy atom. The van der Waals surface area contributed by atoms with Crippen LogP contribution in [0.5, 0.6) is 5.75 Å². The molecule has 0 radical (unpaired) electrons. The number of carbonyl (C=O) groups excluding carboxylic acids is 4. The number of ether oxygens (including phenoxy) is 1. The van der Waals surface area contributed by atoms with E-state index in [0.29, 0.717) is 44.8 Å². The molecule has 2 aromatic heterocycles. The highest BCUT2D eigenvalue weighted by molar-refractivity contribution is 7.70. The van der Waals surface area contributed by atoms with Crippen molar-refractivity contribution >= 4 is 82.2 Å². The minimum atomic E-state index is -2.74. The molecule has 6 aromatic rings. The van der Waals surface area contributed by atoms with Crippen molar-refractivity contribution in [3.8, 4) is 28.0 Å². The predicted molar refractivity (Wildman–Crippen MR) is 276 cm³/mol. The van der Waals surface area contributed by atoms with Crippen molar-refractivity contribution < 1.29 is 28.5 Å². The third-order valence-corrected chi connectivity index (χ3v) is 15.7. The summed E-state index contributed by atoms with van der Waals surface area (Å²) in [6.07, 6.45) is 7.62. The van der Waals surface area contributed by atoms with E-state index >= 15 is 0 Å². The van der Waals surface area contributed by atoms with Gasteiger partial charge in [-0.2, -0.15) is 10.1 Å². The second kappa shape index (κ2) is 19.6. The predicted octanol–water partition coefficient (Wildman–Crippen LogP) is 7.38. The first kappa shape index (κ1) is 47.6. The van der Waals surface area contributed by atoms with Gasteiger partial charge in [-0.05, 0) is 86.0 Å². The van der Waals surface area contributed by atoms with Gasteiger partial charge in [0.05, 0.1) is 42.0 Å². The van der Waals surface area contributed by atoms with Crippen molar-refractivity contribution in [3.63, 3.8) is 0 Å². The van der Waals surface area contributed by atoms with E-state index in [-0.39, 0.29) is 24.4 Å². The average molecular weight is 997 g/mol. The van der Waals surface area contributed by atoms with Gasteiger partial charge in [-0.15, -0.1) is 0 Å². The van der Waals surface area contributed by atoms with Crippen molar-refractivity contribution in [2.45, 2.75) is 31.7 Å². The maximum atomic E-state index is 13.6. The van der Waals surface area contributed by atoms with Gasteiger partial charge in [-0.3, -0.25) is 39.0 Å². The lowest BCUT2D eigenvalue weighted by atomic mass is 9.94. The topological polar surface area (TPSA) is 187 Å². The number of nitrogens with one attached hydrogen (secondary N) is 3. The zero-order chi connectivity index (χ0) is 49.6. The van der Waals surface area contributed by atoms with Gasteiger partial charge in [0.1, 0.15) is 24.0 Å². The van der Waals surface area contributed by atoms with Crippen LogP contribution in [0.2, 0.25) is 5.02 Å². The van der Waals surface area contributed by atoms with Gasteiger partial charge >= 0.3 is 0 Å². The molecule has 4 amide bonds. The lowest BCUT2D eigenvalue weighted by Crippen LogP contribution is -2.54. The summed E-state index contributed by atoms with van der Waals surface area (Å²) in [5, 5.41) is 14.5. The summed E-state index contributed by atoms with van der Waals surface area (Å²) in [6.45, 7) is 9.47. The number of fused-ring (bicyclic) bond motifs is 1. The van der Waals surface area contributed by atoms with E-state index in [9.17, 15) is 23.7 Å². The van der Waals surface area contributed by atoms with Gasteiger partial charge in [0, 0.05) is 99.4 Å². The van der Waals surface area contributed by atoms with Crippen LogP contribution in [0.4, 0.5) is 34.5 Å². The van der Waals surface area contributed by atoms with Crippen LogP contribution in [-0.2, 0) is 21.2 Å². The van der Waals surface area contributed by atoms with Gasteiger partial charge in [-0.25, -0.2) is 4.98 Å². The fraction of sp³-hybridized carbons (Fsp3) is 0.327. The molecule has 6 heterocycles. The van der Waals surface area contributed by atoms with E-state index in [1.54, 1.807) is 37.3 Å². The third-order valence-electron chi connectivity index (χ3n) is 13.9. The first-order valence-corrected chi connectivity index (χ1v) is 26.8. The number of aromatic nitrogens is 4. The lowest BCUT2D eigenvalue weighted by molar-refractivity contribution is -0.136. The maximum Gasteiger partial charge on any atom is 0.262 e. The van der Waals surface area contributed by atoms with E-state index < -0.39 is 36.8 Å². The monoisotopic (exact) mass is 995 g/mol. The summed E-state index contributed by atoms with van der Waals surface area (Å²) in [7, 11) is 0.802. The van der Waals surface area contributed by atoms with E-state index in [0.717, 1.165) is 97.2 Å². The Balaban J connectivity index is 0.797. The molecule has 0 bridgehead atoms. The van der Waals surface area contributed by atoms with Gasteiger partial charge < -0.3 is 29.7 Å². The third kappa shape index (κ3) is 9.86. The fourth-order valence-corrected chi connectivity index (χ4v) is 11.4. The summed E-state index contributed by atoms with van der Waals surface area (Å²) < 4.78 is 21.4. The maximum absolute atomic E-state index is 13.6. The summed E-state index contributed by atoms with van der Waals surface area (Å²) >= 11 is 6.70. The van der Waals surface area contributed by atoms with E-state index in [1.807, 2.05) is 74.0 Å². The largest absolute Gasteiger partial charge is 0.494 e. The Labute approximate surface area is 416 Å². The summed E-state index contributed by atoms with van der Waals surface area (Å²) in [4.78, 5) is 68.5. The van der Waals surface area contributed by atoms with Crippen LogP contribution < -0.4 is 35.8 Å². The Morgan fingerprint density at radius 1 is 0.775 bits per heavy atom. The Morgan fingerprint density at radius 2 is 1.54 bits per heavy atom. The SMILES string of the molecule is COc1cc(N2CCC(CN3CCN(c4ccc5c(c4)C(=O)N([C@@H]4CCC(=O)NC4=O)C5=O)CC3)CC2)c(-c2cnn(C)c2)cc1Nc1ncc(Cl)c(Nc2ccc(-c3ccccc3)cc2P(C)(C)=O)n1. The Bertz CT molecular complexity index is 3110. The van der Waals surface area contributed by atoms with Gasteiger partial charge in [0.25, 0.3) is 11.8 Å². The van der Waals surface area contributed by atoms with Crippen LogP contribution in [-0.4, -0.2) is 125 Å². The van der Waals surface area contributed by atoms with Crippen molar-refractivity contribution in [2.75, 3.05) is 86.7 Å². The van der Waals surface area contributed by atoms with Crippen molar-refractivity contribution in [1.29, 1.82) is 0 Å². The van der Waals surface area contributed by atoms with Crippen molar-refractivity contribution in [2.24, 2.45) is 13.0 Å². The molecule has 10 rings (SSSR count). The number of nitrogens with zero attached hydrogens (tertiary/aromatic N) is 8. The number of anilines is 6. The molecule has 19 heteroatoms. The van der Waals surface area contributed by atoms with Crippen LogP contribution in [0.15, 0.2) is 97.5 Å². The molecule has 3 saturated heterocycles. The van der Waals surface area contributed by atoms with Gasteiger partial charge in [-0.1, -0.05) is 48.0 Å². The number of amides is 4. The van der Waals surface area contributed by atoms with Crippen LogP contribution in [0.25, 0.3) is 22.3 Å². The first-order valence-electron chi connectivity index (χ1n) is 23.8. The second-order valence-corrected chi connectivity index (χ2v) is 22.5. The number of methoxy groups -OCH3 is 1. The molecular formula is C52H55ClN11O6P. The first-order chi connectivity index (χ1) is 34.2. The molecule has 3 N–H and O–H groups in total. The molecule has 366 valence electrons. The minimum Gasteiger partial charge on any atom is -0.494 e. The number of halogens is 1. The zero-order valence-corrected chi connectivity index (χ0v) is 41.7. The highest BCUT2D eigenvalue weighted by Gasteiger charge is 2.45. The molecule has 0 aliphatic carbocycles. The van der Waals surface area contributed by atoms with Crippen LogP contribution in [0.3, 0.4) is 0 Å². The molecule has 1 atom stereocenters. The number of hydrogen-bond donors (Lipinski definition) is 3. The Kier molecular flexibility index (Phi) is 13.1. The molecule has 4 aliphatic heterocycles. The molecule has 4 aliphatic rings. The van der Waals surface area contributed by atoms with Gasteiger partial charge in [0.15, 0.2) is 5.82 Å². The van der Waals surface area contributed by atoms with Crippen molar-refractivity contribution in [3.05, 3.63) is 114 Å². The van der Waals surface area contributed by atoms with Crippen LogP contribution in [0.1, 0.15) is 46.4 Å². The van der Waals surface area contributed by atoms with Crippen LogP contribution in [0, 0.1) is 5.92 Å². The number of carbonyl (C=O) groups is 4. The summed E-state index contributed by atoms with van der Waals surface area (Å²) in [5.74, 6) is -0.241. The Hall–Kier alpha value is -7.07. The number of piperidine rings is 2. The quantitative estimate of drug-likeness (QED) is 0.0769. The van der Waals surface area contributed by atoms with Crippen molar-refractivity contribution in [1.82, 2.24) is 34.9 Å². The lowest BCUT2D eigenvalue weighted by Gasteiger charge is -2.40. The summed E-state index contributed by atoms with van der Waals surface area (Å²) in [5.41, 5.74) is 7.71. The normalized spacial score (nSPS) is 17.9. The number of hydrogen-bond acceptors (Lipinski definition) is 14. The highest BCUT2D eigenvalue weighted by Crippen LogP contribution is 2.43. The molecule has 0 saturated carbocycles. The molecule has 71 heavy (non-hydrogen) atoms. The molecule has 17 nitrogen and oxygen atoms in total. The molecule has 0 spiro atoms. The second-order valence-electron chi connectivity index (χ2n) is 19.0. The smallest absolute Gasteiger partial charge is 0.262 e. The summed E-state index contributed by atoms with van der Waals surface area (Å²) in [6, 6.07) is 24.3. The highest BCUT2D eigenvalue weighted by atomic mass is 35.5. The molecule has 3 fully saturated rings.